The molecule has 3 N–H and O–H groups in total. The number of nitrogens with one attached hydrogen (secondary N) is 1. The van der Waals surface area contributed by atoms with E-state index < -0.39 is 12.1 Å². The van der Waals surface area contributed by atoms with Gasteiger partial charge in [-0.15, -0.1) is 0 Å². The predicted molar refractivity (Wildman–Crippen MR) is 84.6 cm³/mol. The van der Waals surface area contributed by atoms with E-state index in [1.807, 2.05) is 0 Å². The third kappa shape index (κ3) is 3.83. The quantitative estimate of drug-likeness (QED) is 0.821. The number of hydrogen-bond donors (Lipinski definition) is 2. The average Bonchev–Trinajstić information content (AvgIpc) is 2.82. The van der Waals surface area contributed by atoms with Crippen LogP contribution in [-0.2, 0) is 9.53 Å². The van der Waals surface area contributed by atoms with Gasteiger partial charge in [-0.2, -0.15) is 0 Å². The van der Waals surface area contributed by atoms with Crippen molar-refractivity contribution in [2.45, 2.75) is 59.1 Å². The second-order valence-corrected chi connectivity index (χ2v) is 6.44. The van der Waals surface area contributed by atoms with Crippen molar-refractivity contribution >= 4 is 17.8 Å². The molecule has 0 radical (unpaired) electrons. The van der Waals surface area contributed by atoms with Crippen LogP contribution in [0.5, 0.6) is 0 Å². The summed E-state index contributed by atoms with van der Waals surface area (Å²) < 4.78 is 9.92. The fourth-order valence-corrected chi connectivity index (χ4v) is 2.99. The number of esters is 1. The van der Waals surface area contributed by atoms with Crippen LogP contribution in [-0.4, -0.2) is 29.2 Å². The maximum absolute atomic E-state index is 12.3. The number of aromatic nitrogens is 1. The molecule has 0 unspecified atom stereocenters. The third-order valence-corrected chi connectivity index (χ3v) is 4.78. The van der Waals surface area contributed by atoms with E-state index in [9.17, 15) is 9.59 Å². The second-order valence-electron chi connectivity index (χ2n) is 6.44. The lowest BCUT2D eigenvalue weighted by atomic mass is 9.78. The van der Waals surface area contributed by atoms with Crippen LogP contribution >= 0.6 is 0 Å². The number of nitrogens with zero attached hydrogens (tertiary/aromatic N) is 1. The summed E-state index contributed by atoms with van der Waals surface area (Å²) in [5.41, 5.74) is 5.96. The van der Waals surface area contributed by atoms with Crippen molar-refractivity contribution in [3.63, 3.8) is 0 Å². The van der Waals surface area contributed by atoms with E-state index in [-0.39, 0.29) is 23.4 Å². The molecule has 4 atom stereocenters. The van der Waals surface area contributed by atoms with Gasteiger partial charge >= 0.3 is 5.97 Å². The van der Waals surface area contributed by atoms with Crippen molar-refractivity contribution in [3.05, 3.63) is 11.3 Å². The lowest BCUT2D eigenvalue weighted by Crippen LogP contribution is -2.47. The molecule has 1 aromatic rings. The first kappa shape index (κ1) is 17.3. The first-order chi connectivity index (χ1) is 10.8. The number of carbonyl (C=O) groups is 2. The van der Waals surface area contributed by atoms with Gasteiger partial charge in [-0.25, -0.2) is 4.79 Å². The van der Waals surface area contributed by atoms with E-state index in [1.165, 1.54) is 6.42 Å². The average molecular weight is 323 g/mol. The fraction of sp³-hybridized carbons (Fsp3) is 0.688. The van der Waals surface area contributed by atoms with E-state index in [2.05, 4.69) is 24.3 Å². The maximum atomic E-state index is 12.3. The van der Waals surface area contributed by atoms with Crippen LogP contribution in [0.2, 0.25) is 0 Å². The van der Waals surface area contributed by atoms with Gasteiger partial charge in [0.25, 0.3) is 5.91 Å². The first-order valence-electron chi connectivity index (χ1n) is 8.04. The monoisotopic (exact) mass is 323 g/mol. The van der Waals surface area contributed by atoms with E-state index >= 15 is 0 Å². The number of anilines is 1. The fourth-order valence-electron chi connectivity index (χ4n) is 2.99. The molecule has 0 spiro atoms. The Bertz CT molecular complexity index is 564. The number of carbonyl (C=O) groups excluding carboxylic acids is 2. The molecule has 7 heteroatoms. The number of nitrogen functional groups attached to an aromatic ring is 1. The van der Waals surface area contributed by atoms with Crippen molar-refractivity contribution in [1.29, 1.82) is 0 Å². The summed E-state index contributed by atoms with van der Waals surface area (Å²) in [6, 6.07) is 0.120. The molecule has 1 saturated carbocycles. The number of rotatable bonds is 4. The number of nitrogens with two attached hydrogens (primary N) is 1. The Balaban J connectivity index is 1.94. The second kappa shape index (κ2) is 7.02. The minimum Gasteiger partial charge on any atom is -0.449 e. The van der Waals surface area contributed by atoms with Gasteiger partial charge in [0.15, 0.2) is 6.10 Å². The van der Waals surface area contributed by atoms with E-state index in [1.54, 1.807) is 13.8 Å². The summed E-state index contributed by atoms with van der Waals surface area (Å²) in [6.07, 6.45) is 2.33. The Morgan fingerprint density at radius 1 is 1.39 bits per heavy atom. The zero-order chi connectivity index (χ0) is 17.1. The number of amides is 1. The Hall–Kier alpha value is -2.05. The number of ether oxygens (including phenoxy) is 1. The van der Waals surface area contributed by atoms with Gasteiger partial charge in [0.05, 0.1) is 5.69 Å². The number of aryl methyl sites for hydroxylation is 1. The maximum Gasteiger partial charge on any atom is 0.346 e. The third-order valence-electron chi connectivity index (χ3n) is 4.78. The van der Waals surface area contributed by atoms with Crippen molar-refractivity contribution < 1.29 is 18.8 Å². The zero-order valence-corrected chi connectivity index (χ0v) is 14.1. The number of hydrogen-bond acceptors (Lipinski definition) is 6. The van der Waals surface area contributed by atoms with Gasteiger partial charge in [-0.1, -0.05) is 31.8 Å². The molecule has 1 aromatic heterocycles. The van der Waals surface area contributed by atoms with Gasteiger partial charge in [0, 0.05) is 6.04 Å². The molecule has 0 saturated heterocycles. The smallest absolute Gasteiger partial charge is 0.346 e. The van der Waals surface area contributed by atoms with Crippen molar-refractivity contribution in [2.24, 2.45) is 11.8 Å². The Kier molecular flexibility index (Phi) is 5.28. The van der Waals surface area contributed by atoms with Crippen LogP contribution in [0.1, 0.15) is 56.1 Å². The topological polar surface area (TPSA) is 107 Å². The minimum absolute atomic E-state index is 0.0734. The lowest BCUT2D eigenvalue weighted by molar-refractivity contribution is -0.130. The van der Waals surface area contributed by atoms with Gasteiger partial charge in [-0.05, 0) is 32.1 Å². The molecule has 1 aliphatic rings. The molecule has 0 aliphatic heterocycles. The summed E-state index contributed by atoms with van der Waals surface area (Å²) in [5, 5.41) is 6.59. The Labute approximate surface area is 135 Å². The van der Waals surface area contributed by atoms with Crippen molar-refractivity contribution in [1.82, 2.24) is 10.5 Å². The van der Waals surface area contributed by atoms with Gasteiger partial charge in [0.2, 0.25) is 5.88 Å². The molecule has 128 valence electrons. The van der Waals surface area contributed by atoms with Gasteiger partial charge in [0.1, 0.15) is 5.56 Å². The van der Waals surface area contributed by atoms with Crippen LogP contribution in [0.25, 0.3) is 0 Å². The summed E-state index contributed by atoms with van der Waals surface area (Å²) in [5.74, 6) is -0.112. The molecule has 1 heterocycles. The molecule has 1 amide bonds. The lowest BCUT2D eigenvalue weighted by Gasteiger charge is -2.35. The molecule has 0 aromatic carbocycles. The summed E-state index contributed by atoms with van der Waals surface area (Å²) >= 11 is 0. The molecule has 7 nitrogen and oxygen atoms in total. The van der Waals surface area contributed by atoms with Gasteiger partial charge in [-0.3, -0.25) is 4.79 Å². The summed E-state index contributed by atoms with van der Waals surface area (Å²) in [6.45, 7) is 7.48. The van der Waals surface area contributed by atoms with Crippen LogP contribution in [0.15, 0.2) is 4.52 Å². The molecule has 1 aliphatic carbocycles. The normalized spacial score (nSPS) is 25.7. The molecule has 2 rings (SSSR count). The molecular weight excluding hydrogens is 298 g/mol. The largest absolute Gasteiger partial charge is 0.449 e. The highest BCUT2D eigenvalue weighted by atomic mass is 16.5. The van der Waals surface area contributed by atoms with Crippen LogP contribution in [0.4, 0.5) is 5.88 Å². The zero-order valence-electron chi connectivity index (χ0n) is 14.1. The highest BCUT2D eigenvalue weighted by Crippen LogP contribution is 2.29. The highest BCUT2D eigenvalue weighted by Gasteiger charge is 2.31. The minimum atomic E-state index is -0.902. The molecular formula is C16H25N3O4. The summed E-state index contributed by atoms with van der Waals surface area (Å²) in [4.78, 5) is 24.4. The van der Waals surface area contributed by atoms with Gasteiger partial charge < -0.3 is 20.3 Å². The predicted octanol–water partition coefficient (Wildman–Crippen LogP) is 2.05. The molecule has 23 heavy (non-hydrogen) atoms. The van der Waals surface area contributed by atoms with E-state index in [4.69, 9.17) is 15.0 Å². The van der Waals surface area contributed by atoms with Crippen LogP contribution < -0.4 is 11.1 Å². The van der Waals surface area contributed by atoms with Crippen molar-refractivity contribution in [3.8, 4) is 0 Å². The van der Waals surface area contributed by atoms with E-state index in [0.29, 0.717) is 17.5 Å². The van der Waals surface area contributed by atoms with Crippen LogP contribution in [0.3, 0.4) is 0 Å². The molecule has 0 bridgehead atoms. The standard InChI is InChI=1S/C16H25N3O4/c1-8-6-5-7-12(9(8)2)18-15(20)11(4)22-16(21)13-10(3)19-23-14(13)17/h8-9,11-12H,5-7,17H2,1-4H3,(H,18,20)/t8-,9-,11+,12-/m0/s1. The Morgan fingerprint density at radius 3 is 2.70 bits per heavy atom. The Morgan fingerprint density at radius 2 is 2.09 bits per heavy atom. The molecule has 1 fully saturated rings. The SMILES string of the molecule is Cc1noc(N)c1C(=O)O[C@H](C)C(=O)N[C@H]1CCC[C@H](C)[C@@H]1C. The van der Waals surface area contributed by atoms with Crippen molar-refractivity contribution in [2.75, 3.05) is 5.73 Å². The van der Waals surface area contributed by atoms with E-state index in [0.717, 1.165) is 12.8 Å². The highest BCUT2D eigenvalue weighted by molar-refractivity contribution is 5.96. The first-order valence-corrected chi connectivity index (χ1v) is 8.04. The van der Waals surface area contributed by atoms with Crippen LogP contribution in [0, 0.1) is 18.8 Å². The summed E-state index contributed by atoms with van der Waals surface area (Å²) in [7, 11) is 0.